The van der Waals surface area contributed by atoms with Crippen LogP contribution in [0.15, 0.2) is 0 Å². The minimum atomic E-state index is -3.24. The lowest BCUT2D eigenvalue weighted by Gasteiger charge is -2.32. The van der Waals surface area contributed by atoms with E-state index in [-0.39, 0.29) is 0 Å². The van der Waals surface area contributed by atoms with E-state index < -0.39 is 10.2 Å². The molecule has 1 saturated heterocycles. The third-order valence-electron chi connectivity index (χ3n) is 3.76. The van der Waals surface area contributed by atoms with Gasteiger partial charge in [0.05, 0.1) is 0 Å². The second kappa shape index (κ2) is 6.32. The van der Waals surface area contributed by atoms with E-state index in [2.05, 4.69) is 17.0 Å². The standard InChI is InChI=1S/C12H25N3O2S/c1-2-13-8-12-4-3-7-15(10-12)18(16,17)14-9-11-5-6-11/h11-14H,2-10H2,1H3. The van der Waals surface area contributed by atoms with Crippen molar-refractivity contribution in [2.75, 3.05) is 32.7 Å². The molecule has 0 amide bonds. The summed E-state index contributed by atoms with van der Waals surface area (Å²) >= 11 is 0. The third kappa shape index (κ3) is 4.19. The van der Waals surface area contributed by atoms with Crippen molar-refractivity contribution in [2.24, 2.45) is 11.8 Å². The molecule has 0 bridgehead atoms. The van der Waals surface area contributed by atoms with Crippen LogP contribution >= 0.6 is 0 Å². The maximum atomic E-state index is 12.1. The monoisotopic (exact) mass is 275 g/mol. The van der Waals surface area contributed by atoms with Crippen LogP contribution in [0.2, 0.25) is 0 Å². The molecular weight excluding hydrogens is 250 g/mol. The van der Waals surface area contributed by atoms with Crippen LogP contribution in [0.25, 0.3) is 0 Å². The number of piperidine rings is 1. The van der Waals surface area contributed by atoms with E-state index in [9.17, 15) is 8.42 Å². The zero-order valence-corrected chi connectivity index (χ0v) is 12.0. The molecule has 0 spiro atoms. The molecule has 6 heteroatoms. The molecule has 1 aliphatic heterocycles. The maximum Gasteiger partial charge on any atom is 0.279 e. The molecule has 2 N–H and O–H groups in total. The highest BCUT2D eigenvalue weighted by Gasteiger charge is 2.30. The Hall–Kier alpha value is -0.170. The van der Waals surface area contributed by atoms with Crippen LogP contribution in [0, 0.1) is 11.8 Å². The Kier molecular flexibility index (Phi) is 5.00. The van der Waals surface area contributed by atoms with Crippen LogP contribution in [0.3, 0.4) is 0 Å². The van der Waals surface area contributed by atoms with Gasteiger partial charge in [-0.25, -0.2) is 4.72 Å². The first-order chi connectivity index (χ1) is 8.62. The van der Waals surface area contributed by atoms with E-state index in [0.29, 0.717) is 31.5 Å². The molecule has 1 aliphatic carbocycles. The molecule has 18 heavy (non-hydrogen) atoms. The fraction of sp³-hybridized carbons (Fsp3) is 1.00. The highest BCUT2D eigenvalue weighted by Crippen LogP contribution is 2.28. The normalized spacial score (nSPS) is 26.4. The molecule has 1 unspecified atom stereocenters. The lowest BCUT2D eigenvalue weighted by atomic mass is 10.00. The Morgan fingerprint density at radius 1 is 1.17 bits per heavy atom. The van der Waals surface area contributed by atoms with Crippen molar-refractivity contribution in [1.82, 2.24) is 14.3 Å². The van der Waals surface area contributed by atoms with Crippen molar-refractivity contribution in [1.29, 1.82) is 0 Å². The first-order valence-corrected chi connectivity index (χ1v) is 8.51. The number of rotatable bonds is 7. The van der Waals surface area contributed by atoms with Crippen LogP contribution in [-0.4, -0.2) is 45.4 Å². The van der Waals surface area contributed by atoms with Gasteiger partial charge >= 0.3 is 0 Å². The van der Waals surface area contributed by atoms with E-state index in [1.54, 1.807) is 4.31 Å². The summed E-state index contributed by atoms with van der Waals surface area (Å²) in [5.74, 6) is 1.04. The highest BCUT2D eigenvalue weighted by molar-refractivity contribution is 7.87. The van der Waals surface area contributed by atoms with Gasteiger partial charge < -0.3 is 5.32 Å². The largest absolute Gasteiger partial charge is 0.317 e. The van der Waals surface area contributed by atoms with Crippen LogP contribution in [0.4, 0.5) is 0 Å². The fourth-order valence-electron chi connectivity index (χ4n) is 2.40. The number of hydrogen-bond donors (Lipinski definition) is 2. The average molecular weight is 275 g/mol. The van der Waals surface area contributed by atoms with Crippen molar-refractivity contribution in [2.45, 2.75) is 32.6 Å². The van der Waals surface area contributed by atoms with E-state index in [4.69, 9.17) is 0 Å². The van der Waals surface area contributed by atoms with E-state index in [1.165, 1.54) is 12.8 Å². The SMILES string of the molecule is CCNCC1CCCN(S(=O)(=O)NCC2CC2)C1. The molecule has 2 aliphatic rings. The van der Waals surface area contributed by atoms with Crippen molar-refractivity contribution in [3.05, 3.63) is 0 Å². The molecule has 5 nitrogen and oxygen atoms in total. The average Bonchev–Trinajstić information content (AvgIpc) is 3.18. The molecular formula is C12H25N3O2S. The second-order valence-corrected chi connectivity index (χ2v) is 7.23. The first-order valence-electron chi connectivity index (χ1n) is 7.07. The number of nitrogens with zero attached hydrogens (tertiary/aromatic N) is 1. The van der Waals surface area contributed by atoms with Gasteiger partial charge in [-0.3, -0.25) is 0 Å². The minimum absolute atomic E-state index is 0.455. The van der Waals surface area contributed by atoms with E-state index in [1.807, 2.05) is 0 Å². The summed E-state index contributed by atoms with van der Waals surface area (Å²) in [5.41, 5.74) is 0. The molecule has 1 atom stereocenters. The summed E-state index contributed by atoms with van der Waals surface area (Å²) in [6.07, 6.45) is 4.44. The van der Waals surface area contributed by atoms with Gasteiger partial charge in [-0.05, 0) is 50.6 Å². The van der Waals surface area contributed by atoms with Crippen molar-refractivity contribution < 1.29 is 8.42 Å². The van der Waals surface area contributed by atoms with Gasteiger partial charge in [0, 0.05) is 19.6 Å². The van der Waals surface area contributed by atoms with Crippen molar-refractivity contribution >= 4 is 10.2 Å². The van der Waals surface area contributed by atoms with Gasteiger partial charge in [-0.1, -0.05) is 6.92 Å². The second-order valence-electron chi connectivity index (χ2n) is 5.47. The van der Waals surface area contributed by atoms with Crippen molar-refractivity contribution in [3.63, 3.8) is 0 Å². The van der Waals surface area contributed by atoms with Gasteiger partial charge in [0.2, 0.25) is 0 Å². The van der Waals surface area contributed by atoms with E-state index >= 15 is 0 Å². The van der Waals surface area contributed by atoms with Gasteiger partial charge in [0.15, 0.2) is 0 Å². The Labute approximate surface area is 110 Å². The molecule has 0 aromatic heterocycles. The van der Waals surface area contributed by atoms with E-state index in [0.717, 1.165) is 25.9 Å². The first kappa shape index (κ1) is 14.2. The molecule has 1 heterocycles. The Balaban J connectivity index is 1.82. The molecule has 2 fully saturated rings. The van der Waals surface area contributed by atoms with Gasteiger partial charge in [0.25, 0.3) is 10.2 Å². The lowest BCUT2D eigenvalue weighted by molar-refractivity contribution is 0.258. The highest BCUT2D eigenvalue weighted by atomic mass is 32.2. The van der Waals surface area contributed by atoms with Gasteiger partial charge in [-0.15, -0.1) is 0 Å². The maximum absolute atomic E-state index is 12.1. The molecule has 0 aromatic carbocycles. The quantitative estimate of drug-likeness (QED) is 0.713. The topological polar surface area (TPSA) is 61.4 Å². The molecule has 0 aromatic rings. The lowest BCUT2D eigenvalue weighted by Crippen LogP contribution is -2.48. The van der Waals surface area contributed by atoms with Crippen LogP contribution in [0.5, 0.6) is 0 Å². The summed E-state index contributed by atoms with van der Waals surface area (Å²) in [6, 6.07) is 0. The summed E-state index contributed by atoms with van der Waals surface area (Å²) in [6.45, 7) is 5.90. The van der Waals surface area contributed by atoms with Gasteiger partial charge in [0.1, 0.15) is 0 Å². The van der Waals surface area contributed by atoms with Crippen LogP contribution in [0.1, 0.15) is 32.6 Å². The molecule has 106 valence electrons. The molecule has 1 saturated carbocycles. The van der Waals surface area contributed by atoms with Crippen LogP contribution in [-0.2, 0) is 10.2 Å². The van der Waals surface area contributed by atoms with Gasteiger partial charge in [-0.2, -0.15) is 12.7 Å². The summed E-state index contributed by atoms with van der Waals surface area (Å²) in [5, 5.41) is 3.31. The summed E-state index contributed by atoms with van der Waals surface area (Å²) in [4.78, 5) is 0. The summed E-state index contributed by atoms with van der Waals surface area (Å²) in [7, 11) is -3.24. The third-order valence-corrected chi connectivity index (χ3v) is 5.30. The minimum Gasteiger partial charge on any atom is -0.317 e. The molecule has 2 rings (SSSR count). The Morgan fingerprint density at radius 2 is 1.94 bits per heavy atom. The molecule has 0 radical (unpaired) electrons. The Bertz CT molecular complexity index is 354. The zero-order valence-electron chi connectivity index (χ0n) is 11.2. The Morgan fingerprint density at radius 3 is 2.61 bits per heavy atom. The number of hydrogen-bond acceptors (Lipinski definition) is 3. The van der Waals surface area contributed by atoms with Crippen molar-refractivity contribution in [3.8, 4) is 0 Å². The predicted octanol–water partition coefficient (Wildman–Crippen LogP) is 0.552. The predicted molar refractivity (Wildman–Crippen MR) is 72.5 cm³/mol. The number of nitrogens with one attached hydrogen (secondary N) is 2. The van der Waals surface area contributed by atoms with Crippen LogP contribution < -0.4 is 10.0 Å². The fourth-order valence-corrected chi connectivity index (χ4v) is 3.80. The summed E-state index contributed by atoms with van der Waals surface area (Å²) < 4.78 is 28.6. The smallest absolute Gasteiger partial charge is 0.279 e. The zero-order chi connectivity index (χ0) is 13.0.